The molecular weight excluding hydrogens is 555 g/mol. The summed E-state index contributed by atoms with van der Waals surface area (Å²) >= 11 is 0. The molecule has 0 radical (unpaired) electrons. The molecule has 7 rings (SSSR count). The van der Waals surface area contributed by atoms with Gasteiger partial charge in [0, 0.05) is 73.9 Å². The van der Waals surface area contributed by atoms with Gasteiger partial charge < -0.3 is 19.1 Å². The predicted molar refractivity (Wildman–Crippen MR) is 155 cm³/mol. The lowest BCUT2D eigenvalue weighted by Gasteiger charge is -2.35. The molecule has 6 heterocycles. The number of imide groups is 1. The minimum Gasteiger partial charge on any atom is -0.464 e. The Balaban J connectivity index is 0.00000161. The van der Waals surface area contributed by atoms with Crippen molar-refractivity contribution in [3.05, 3.63) is 77.6 Å². The molecule has 0 saturated carbocycles. The van der Waals surface area contributed by atoms with Crippen molar-refractivity contribution in [2.75, 3.05) is 38.1 Å². The Bertz CT molecular complexity index is 1640. The van der Waals surface area contributed by atoms with E-state index in [4.69, 9.17) is 4.42 Å². The van der Waals surface area contributed by atoms with Gasteiger partial charge in [-0.05, 0) is 18.7 Å². The number of carbonyl (C=O) groups is 3. The van der Waals surface area contributed by atoms with Crippen LogP contribution in [0, 0.1) is 0 Å². The van der Waals surface area contributed by atoms with Gasteiger partial charge in [-0.3, -0.25) is 29.7 Å². The molecule has 40 heavy (non-hydrogen) atoms. The van der Waals surface area contributed by atoms with Crippen LogP contribution >= 0.6 is 24.8 Å². The summed E-state index contributed by atoms with van der Waals surface area (Å²) in [4.78, 5) is 55.0. The standard InChI is InChI=1S/C28H24N6O4.2ClH/c1-32-8-10-33(11-9-32)28(37)20-13-16-3-2-4-18-23(30-6-7-34(20)24(16)18)22-21(26(35)31-27(22)36)19-15-29-14-17-5-12-38-25(17)19;;/h2-7,12,14-15,20H,8-11,13H2,1H3,(H,31,35,36);2*1H. The van der Waals surface area contributed by atoms with Gasteiger partial charge in [0.25, 0.3) is 11.8 Å². The Kier molecular flexibility index (Phi) is 7.26. The fraction of sp³-hybridized carbons (Fsp3) is 0.250. The number of benzene rings is 1. The summed E-state index contributed by atoms with van der Waals surface area (Å²) in [5.74, 6) is -0.980. The van der Waals surface area contributed by atoms with E-state index in [0.29, 0.717) is 41.9 Å². The van der Waals surface area contributed by atoms with E-state index in [2.05, 4.69) is 27.2 Å². The number of fused-ring (bicyclic) bond motifs is 1. The number of nitrogens with one attached hydrogen (secondary N) is 1. The second kappa shape index (κ2) is 10.5. The van der Waals surface area contributed by atoms with E-state index in [9.17, 15) is 14.4 Å². The summed E-state index contributed by atoms with van der Waals surface area (Å²) < 4.78 is 5.65. The lowest BCUT2D eigenvalue weighted by Crippen LogP contribution is -2.53. The van der Waals surface area contributed by atoms with E-state index in [1.165, 1.54) is 12.5 Å². The van der Waals surface area contributed by atoms with Gasteiger partial charge in [-0.15, -0.1) is 24.8 Å². The first kappa shape index (κ1) is 27.6. The number of anilines is 1. The number of amides is 3. The second-order valence-electron chi connectivity index (χ2n) is 9.90. The molecule has 2 aromatic heterocycles. The van der Waals surface area contributed by atoms with Crippen LogP contribution in [0.1, 0.15) is 16.7 Å². The molecule has 1 unspecified atom stereocenters. The predicted octanol–water partition coefficient (Wildman–Crippen LogP) is 2.56. The van der Waals surface area contributed by atoms with E-state index >= 15 is 0 Å². The molecule has 10 nitrogen and oxygen atoms in total. The Morgan fingerprint density at radius 1 is 1.00 bits per heavy atom. The molecule has 1 aromatic carbocycles. The Hall–Kier alpha value is -3.99. The Morgan fingerprint density at radius 2 is 1.77 bits per heavy atom. The molecule has 1 fully saturated rings. The number of rotatable bonds is 3. The fourth-order valence-corrected chi connectivity index (χ4v) is 5.79. The van der Waals surface area contributed by atoms with E-state index < -0.39 is 17.9 Å². The quantitative estimate of drug-likeness (QED) is 0.474. The summed E-state index contributed by atoms with van der Waals surface area (Å²) in [5.41, 5.74) is 4.12. The highest BCUT2D eigenvalue weighted by atomic mass is 35.5. The van der Waals surface area contributed by atoms with Crippen LogP contribution in [0.4, 0.5) is 5.69 Å². The number of furan rings is 1. The van der Waals surface area contributed by atoms with Gasteiger partial charge in [0.15, 0.2) is 0 Å². The highest BCUT2D eigenvalue weighted by molar-refractivity contribution is 6.48. The first-order valence-electron chi connectivity index (χ1n) is 12.6. The van der Waals surface area contributed by atoms with Crippen LogP contribution in [0.3, 0.4) is 0 Å². The second-order valence-corrected chi connectivity index (χ2v) is 9.90. The van der Waals surface area contributed by atoms with Gasteiger partial charge in [-0.1, -0.05) is 18.2 Å². The third-order valence-corrected chi connectivity index (χ3v) is 7.71. The number of nitrogens with zero attached hydrogens (tertiary/aromatic N) is 5. The van der Waals surface area contributed by atoms with Crippen LogP contribution in [0.15, 0.2) is 70.3 Å². The molecular formula is C28H26Cl2N6O4. The highest BCUT2D eigenvalue weighted by Gasteiger charge is 2.42. The smallest absolute Gasteiger partial charge is 0.261 e. The zero-order chi connectivity index (χ0) is 26.0. The average molecular weight is 581 g/mol. The van der Waals surface area contributed by atoms with Crippen molar-refractivity contribution in [3.8, 4) is 0 Å². The van der Waals surface area contributed by atoms with Gasteiger partial charge >= 0.3 is 0 Å². The number of para-hydroxylation sites is 1. The summed E-state index contributed by atoms with van der Waals surface area (Å²) in [6.07, 6.45) is 8.64. The molecule has 206 valence electrons. The molecule has 3 amide bonds. The zero-order valence-electron chi connectivity index (χ0n) is 21.5. The normalized spacial score (nSPS) is 20.1. The van der Waals surface area contributed by atoms with Gasteiger partial charge in [0.05, 0.1) is 28.8 Å². The molecule has 12 heteroatoms. The molecule has 0 bridgehead atoms. The number of carbonyl (C=O) groups excluding carboxylic acids is 3. The minimum atomic E-state index is -0.533. The van der Waals surface area contributed by atoms with E-state index in [-0.39, 0.29) is 41.9 Å². The highest BCUT2D eigenvalue weighted by Crippen LogP contribution is 2.41. The molecule has 1 saturated heterocycles. The lowest BCUT2D eigenvalue weighted by molar-refractivity contribution is -0.134. The van der Waals surface area contributed by atoms with Crippen LogP contribution in [-0.4, -0.2) is 77.5 Å². The van der Waals surface area contributed by atoms with E-state index in [1.54, 1.807) is 24.7 Å². The van der Waals surface area contributed by atoms with Crippen molar-refractivity contribution in [3.63, 3.8) is 0 Å². The van der Waals surface area contributed by atoms with Crippen molar-refractivity contribution in [2.45, 2.75) is 12.5 Å². The Morgan fingerprint density at radius 3 is 2.58 bits per heavy atom. The SMILES string of the molecule is CN1CCN(C(=O)C2Cc3cccc4c3N2C=CN=C4C2=C(c3cncc4ccoc34)C(=O)NC2=O)CC1.Cl.Cl. The van der Waals surface area contributed by atoms with Crippen molar-refractivity contribution >= 4 is 70.5 Å². The van der Waals surface area contributed by atoms with Crippen molar-refractivity contribution in [1.29, 1.82) is 0 Å². The van der Waals surface area contributed by atoms with Crippen molar-refractivity contribution in [2.24, 2.45) is 4.99 Å². The molecule has 0 aliphatic carbocycles. The van der Waals surface area contributed by atoms with E-state index in [1.807, 2.05) is 28.0 Å². The van der Waals surface area contributed by atoms with Crippen LogP contribution in [0.2, 0.25) is 0 Å². The molecule has 4 aliphatic rings. The van der Waals surface area contributed by atoms with Crippen molar-refractivity contribution in [1.82, 2.24) is 20.1 Å². The summed E-state index contributed by atoms with van der Waals surface area (Å²) in [6, 6.07) is 7.15. The van der Waals surface area contributed by atoms with Gasteiger partial charge in [0.2, 0.25) is 5.91 Å². The number of halogens is 2. The average Bonchev–Trinajstić information content (AvgIpc) is 3.58. The van der Waals surface area contributed by atoms with Gasteiger partial charge in [0.1, 0.15) is 11.6 Å². The molecule has 3 aromatic rings. The number of likely N-dealkylation sites (N-methyl/N-ethyl adjacent to an activating group) is 1. The molecule has 0 spiro atoms. The first-order valence-corrected chi connectivity index (χ1v) is 12.6. The molecule has 1 N–H and O–H groups in total. The first-order chi connectivity index (χ1) is 18.5. The number of aromatic nitrogens is 1. The maximum absolute atomic E-state index is 13.6. The number of hydrogen-bond donors (Lipinski definition) is 1. The monoisotopic (exact) mass is 580 g/mol. The summed E-state index contributed by atoms with van der Waals surface area (Å²) in [5, 5.41) is 3.15. The molecule has 4 aliphatic heterocycles. The number of pyridine rings is 1. The number of hydrogen-bond acceptors (Lipinski definition) is 8. The van der Waals surface area contributed by atoms with Crippen molar-refractivity contribution < 1.29 is 18.8 Å². The Labute approximate surface area is 242 Å². The third-order valence-electron chi connectivity index (χ3n) is 7.71. The van der Waals surface area contributed by atoms with Crippen LogP contribution in [-0.2, 0) is 20.8 Å². The van der Waals surface area contributed by atoms with Gasteiger partial charge in [-0.2, -0.15) is 0 Å². The zero-order valence-corrected chi connectivity index (χ0v) is 23.1. The van der Waals surface area contributed by atoms with E-state index in [0.717, 1.165) is 29.7 Å². The lowest BCUT2D eigenvalue weighted by atomic mass is 9.93. The van der Waals surface area contributed by atoms with Crippen LogP contribution in [0.25, 0.3) is 16.5 Å². The number of aliphatic imine (C=N–C) groups is 1. The van der Waals surface area contributed by atoms with Crippen LogP contribution < -0.4 is 10.2 Å². The maximum atomic E-state index is 13.6. The topological polar surface area (TPSA) is 111 Å². The summed E-state index contributed by atoms with van der Waals surface area (Å²) in [7, 11) is 2.06. The minimum absolute atomic E-state index is 0. The third kappa shape index (κ3) is 4.19. The van der Waals surface area contributed by atoms with Gasteiger partial charge in [-0.25, -0.2) is 0 Å². The molecule has 1 atom stereocenters. The summed E-state index contributed by atoms with van der Waals surface area (Å²) in [6.45, 7) is 3.08. The maximum Gasteiger partial charge on any atom is 0.261 e. The number of piperazine rings is 1. The van der Waals surface area contributed by atoms with Crippen LogP contribution in [0.5, 0.6) is 0 Å². The fourth-order valence-electron chi connectivity index (χ4n) is 5.79. The largest absolute Gasteiger partial charge is 0.464 e.